The van der Waals surface area contributed by atoms with Gasteiger partial charge in [-0.15, -0.1) is 0 Å². The minimum atomic E-state index is -0.0823. The molecule has 41 heavy (non-hydrogen) atoms. The van der Waals surface area contributed by atoms with Crippen molar-refractivity contribution in [1.82, 2.24) is 15.2 Å². The average molecular weight is 991 g/mol. The van der Waals surface area contributed by atoms with Crippen LogP contribution in [0.2, 0.25) is 0 Å². The summed E-state index contributed by atoms with van der Waals surface area (Å²) >= 11 is 3.22. The fraction of sp³-hybridized carbons (Fsp3) is 0.862. The van der Waals surface area contributed by atoms with Crippen LogP contribution >= 0.6 is 18.8 Å². The van der Waals surface area contributed by atoms with Crippen molar-refractivity contribution in [3.8, 4) is 0 Å². The van der Waals surface area contributed by atoms with Crippen molar-refractivity contribution in [3.63, 3.8) is 0 Å². The molecule has 0 aromatic carbocycles. The number of carbonyl (C=O) groups is 2. The zero-order valence-electron chi connectivity index (χ0n) is 27.2. The van der Waals surface area contributed by atoms with E-state index in [1.807, 2.05) is 32.6 Å². The van der Waals surface area contributed by atoms with Crippen molar-refractivity contribution in [2.75, 3.05) is 46.3 Å². The van der Waals surface area contributed by atoms with Crippen LogP contribution in [0.25, 0.3) is 17.3 Å². The molecule has 1 aliphatic heterocycles. The molecule has 4 N–H and O–H groups in total. The van der Waals surface area contributed by atoms with Crippen LogP contribution in [0.5, 0.6) is 0 Å². The molecule has 0 spiro atoms. The molecule has 12 heteroatoms. The van der Waals surface area contributed by atoms with Gasteiger partial charge in [-0.1, -0.05) is 80.1 Å². The quantitative estimate of drug-likeness (QED) is 0.119. The molecule has 2 amide bonds. The van der Waals surface area contributed by atoms with E-state index in [1.54, 1.807) is 37.5 Å². The second-order valence-electron chi connectivity index (χ2n) is 7.91. The number of nitrogens with zero attached hydrogens (tertiary/aromatic N) is 2. The summed E-state index contributed by atoms with van der Waals surface area (Å²) in [5.74, 6) is 7.22. The predicted octanol–water partition coefficient (Wildman–Crippen LogP) is 9.72. The van der Waals surface area contributed by atoms with Gasteiger partial charge in [0, 0.05) is 39.0 Å². The van der Waals surface area contributed by atoms with Gasteiger partial charge in [0.25, 0.3) is 0 Å². The number of nitrogens with one attached hydrogen (secondary N) is 4. The van der Waals surface area contributed by atoms with Gasteiger partial charge in [-0.3, -0.25) is 9.59 Å². The summed E-state index contributed by atoms with van der Waals surface area (Å²) in [6.07, 6.45) is 11.9. The maximum absolute atomic E-state index is 11.7. The van der Waals surface area contributed by atoms with Gasteiger partial charge >= 0.3 is 56.4 Å². The topological polar surface area (TPSA) is 124 Å². The van der Waals surface area contributed by atoms with E-state index in [-0.39, 0.29) is 5.91 Å². The van der Waals surface area contributed by atoms with Crippen LogP contribution in [-0.4, -0.2) is 68.0 Å². The Morgan fingerprint density at radius 1 is 0.780 bits per heavy atom. The van der Waals surface area contributed by atoms with Crippen molar-refractivity contribution in [2.24, 2.45) is 0 Å². The van der Waals surface area contributed by atoms with Gasteiger partial charge in [-0.05, 0) is 19.9 Å². The Bertz CT molecular complexity index is 419. The fourth-order valence-electron chi connectivity index (χ4n) is 2.65. The molecular weight excluding hydrogens is 925 g/mol. The molecule has 0 atom stereocenters. The summed E-state index contributed by atoms with van der Waals surface area (Å²) in [7, 11) is 10.7. The Morgan fingerprint density at radius 3 is 1.41 bits per heavy atom. The molecule has 1 rings (SSSR count). The molecule has 1 fully saturated rings. The maximum atomic E-state index is 11.7. The number of hydrogen-bond donors (Lipinski definition) is 1. The van der Waals surface area contributed by atoms with Crippen molar-refractivity contribution in [1.29, 1.82) is 0 Å². The molecule has 1 aliphatic rings. The molecular formula is C29H65Cl2N6O2Pt2-5. The van der Waals surface area contributed by atoms with Crippen LogP contribution in [0.4, 0.5) is 0 Å². The second-order valence-corrected chi connectivity index (χ2v) is 7.91. The number of piperazine rings is 1. The second kappa shape index (κ2) is 63.9. The number of unbranched alkanes of at least 4 members (excludes halogenated alkanes) is 6. The van der Waals surface area contributed by atoms with Gasteiger partial charge in [-0.25, -0.2) is 12.8 Å². The number of rotatable bonds is 12. The van der Waals surface area contributed by atoms with Crippen LogP contribution in [0, 0.1) is 13.8 Å². The first-order chi connectivity index (χ1) is 19.9. The van der Waals surface area contributed by atoms with Gasteiger partial charge in [0.1, 0.15) is 0 Å². The number of carbonyl (C=O) groups excluding carboxylic acids is 2. The summed E-state index contributed by atoms with van der Waals surface area (Å²) in [4.78, 5) is 24.5. The van der Waals surface area contributed by atoms with E-state index in [4.69, 9.17) is 17.3 Å². The Balaban J connectivity index is -0.0000000759. The van der Waals surface area contributed by atoms with Gasteiger partial charge in [0.15, 0.2) is 0 Å². The van der Waals surface area contributed by atoms with E-state index in [0.29, 0.717) is 25.4 Å². The Hall–Kier alpha value is 0.737. The van der Waals surface area contributed by atoms with E-state index in [0.717, 1.165) is 69.7 Å². The van der Waals surface area contributed by atoms with E-state index in [1.165, 1.54) is 39.2 Å². The summed E-state index contributed by atoms with van der Waals surface area (Å²) in [5, 5.41) is 4.16. The van der Waals surface area contributed by atoms with E-state index < -0.39 is 0 Å². The monoisotopic (exact) mass is 989 g/mol. The number of hydrogen-bond acceptors (Lipinski definition) is 3. The SMILES string of the molecule is CC.CC.CCCCCCC(=O)N(C)[NH-].CCCCCCC(=O)N1CCNCC1.[CH2-]CC[NH-].[CH2-]CC[NH-].[Cl][Pt].[Cl][Pt]. The molecule has 0 aliphatic carbocycles. The summed E-state index contributed by atoms with van der Waals surface area (Å²) in [6, 6.07) is 0. The first-order valence-corrected chi connectivity index (χ1v) is 20.6. The van der Waals surface area contributed by atoms with Crippen molar-refractivity contribution >= 4 is 30.7 Å². The van der Waals surface area contributed by atoms with Crippen molar-refractivity contribution < 1.29 is 47.1 Å². The van der Waals surface area contributed by atoms with E-state index in [9.17, 15) is 9.59 Å². The Kier molecular flexibility index (Phi) is 89.4. The fourth-order valence-corrected chi connectivity index (χ4v) is 2.65. The zero-order valence-corrected chi connectivity index (χ0v) is 33.3. The molecule has 1 heterocycles. The molecule has 1 saturated heterocycles. The van der Waals surface area contributed by atoms with Crippen LogP contribution < -0.4 is 5.32 Å². The van der Waals surface area contributed by atoms with Crippen molar-refractivity contribution in [3.05, 3.63) is 31.2 Å². The van der Waals surface area contributed by atoms with Crippen LogP contribution in [0.15, 0.2) is 0 Å². The van der Waals surface area contributed by atoms with E-state index >= 15 is 0 Å². The predicted molar refractivity (Wildman–Crippen MR) is 177 cm³/mol. The number of amides is 2. The molecule has 0 saturated carbocycles. The molecule has 262 valence electrons. The van der Waals surface area contributed by atoms with Crippen LogP contribution in [-0.2, 0) is 47.1 Å². The molecule has 0 bridgehead atoms. The molecule has 0 aromatic rings. The third-order valence-electron chi connectivity index (χ3n) is 4.69. The normalized spacial score (nSPS) is 10.5. The minimum absolute atomic E-state index is 0.0823. The number of halogens is 2. The summed E-state index contributed by atoms with van der Waals surface area (Å²) in [5.41, 5.74) is 12.8. The Labute approximate surface area is 287 Å². The molecule has 0 aromatic heterocycles. The van der Waals surface area contributed by atoms with E-state index in [2.05, 4.69) is 51.8 Å². The van der Waals surface area contributed by atoms with Gasteiger partial charge < -0.3 is 46.4 Å². The first kappa shape index (κ1) is 57.4. The van der Waals surface area contributed by atoms with Gasteiger partial charge in [0.2, 0.25) is 11.8 Å². The summed E-state index contributed by atoms with van der Waals surface area (Å²) < 4.78 is 0. The molecule has 0 radical (unpaired) electrons. The van der Waals surface area contributed by atoms with Crippen molar-refractivity contribution in [2.45, 2.75) is 119 Å². The standard InChI is InChI=1S/C11H22N2O.C8H17N2O.2C3H7N.2C2H6.2ClH.2Pt/c1-2-3-4-5-6-11(14)13-9-7-12-8-10-13;1-3-4-5-6-7-8(11)10(2)9;2*1-2-3-4;2*1-2;;;;/h12H,2-10H2,1H3;9H,3-7H2,1-2H3;2*4H,1-3H2;2*1-2H3;2*1H;;/q;-1;2*-2;;;;;2*+1/p-2. The molecule has 0 unspecified atom stereocenters. The third-order valence-corrected chi connectivity index (χ3v) is 4.69. The van der Waals surface area contributed by atoms with Gasteiger partial charge in [-0.2, -0.15) is 13.1 Å². The Morgan fingerprint density at radius 2 is 1.12 bits per heavy atom. The third kappa shape index (κ3) is 64.7. The average Bonchev–Trinajstić information content (AvgIpc) is 3.06. The van der Waals surface area contributed by atoms with Crippen LogP contribution in [0.1, 0.15) is 119 Å². The summed E-state index contributed by atoms with van der Waals surface area (Å²) in [6.45, 7) is 23.8. The first-order valence-electron chi connectivity index (χ1n) is 14.9. The van der Waals surface area contributed by atoms with Gasteiger partial charge in [0.05, 0.1) is 0 Å². The van der Waals surface area contributed by atoms with Crippen LogP contribution in [0.3, 0.4) is 0 Å². The molecule has 8 nitrogen and oxygen atoms in total. The zero-order chi connectivity index (χ0) is 33.7.